The zero-order valence-electron chi connectivity index (χ0n) is 13.0. The zero-order chi connectivity index (χ0) is 15.2. The van der Waals surface area contributed by atoms with Crippen LogP contribution in [0.15, 0.2) is 0 Å². The number of ether oxygens (including phenoxy) is 3. The van der Waals surface area contributed by atoms with Crippen LogP contribution in [0.3, 0.4) is 0 Å². The molecule has 0 radical (unpaired) electrons. The van der Waals surface area contributed by atoms with Crippen molar-refractivity contribution in [2.75, 3.05) is 70.7 Å². The molecule has 0 saturated carbocycles. The van der Waals surface area contributed by atoms with Gasteiger partial charge in [0.25, 0.3) is 0 Å². The average molecular weight is 309 g/mol. The zero-order valence-corrected chi connectivity index (χ0v) is 13.0. The van der Waals surface area contributed by atoms with E-state index < -0.39 is 0 Å². The molecule has 22 heavy (non-hydrogen) atoms. The highest BCUT2D eigenvalue weighted by Crippen LogP contribution is 2.13. The summed E-state index contributed by atoms with van der Waals surface area (Å²) in [5.74, 6) is 1.36. The molecule has 1 aromatic heterocycles. The molecule has 122 valence electrons. The first-order valence-corrected chi connectivity index (χ1v) is 7.79. The van der Waals surface area contributed by atoms with Gasteiger partial charge >= 0.3 is 6.01 Å². The molecular formula is C14H23N5O3. The molecule has 0 bridgehead atoms. The third kappa shape index (κ3) is 4.25. The van der Waals surface area contributed by atoms with Crippen LogP contribution < -0.4 is 9.64 Å². The Labute approximate surface area is 130 Å². The lowest BCUT2D eigenvalue weighted by molar-refractivity contribution is 0.0317. The average Bonchev–Trinajstić information content (AvgIpc) is 2.56. The van der Waals surface area contributed by atoms with Gasteiger partial charge in [0.05, 0.1) is 26.4 Å². The summed E-state index contributed by atoms with van der Waals surface area (Å²) < 4.78 is 16.4. The van der Waals surface area contributed by atoms with E-state index in [1.807, 2.05) is 6.92 Å². The second-order valence-electron chi connectivity index (χ2n) is 5.37. The maximum Gasteiger partial charge on any atom is 0.321 e. The lowest BCUT2D eigenvalue weighted by Crippen LogP contribution is -2.39. The van der Waals surface area contributed by atoms with Crippen LogP contribution >= 0.6 is 0 Å². The van der Waals surface area contributed by atoms with Crippen molar-refractivity contribution in [1.29, 1.82) is 0 Å². The van der Waals surface area contributed by atoms with Gasteiger partial charge in [-0.2, -0.15) is 15.0 Å². The van der Waals surface area contributed by atoms with E-state index in [1.165, 1.54) is 0 Å². The Bertz CT molecular complexity index is 476. The molecule has 2 aliphatic heterocycles. The van der Waals surface area contributed by atoms with Crippen LogP contribution in [0.5, 0.6) is 6.01 Å². The molecule has 3 rings (SSSR count). The third-order valence-corrected chi connectivity index (χ3v) is 3.75. The fourth-order valence-electron chi connectivity index (χ4n) is 2.50. The summed E-state index contributed by atoms with van der Waals surface area (Å²) in [6, 6.07) is 0.405. The molecule has 0 aromatic carbocycles. The Hall–Kier alpha value is -1.51. The number of hydrogen-bond acceptors (Lipinski definition) is 8. The molecule has 2 saturated heterocycles. The quantitative estimate of drug-likeness (QED) is 0.736. The van der Waals surface area contributed by atoms with Gasteiger partial charge in [0.1, 0.15) is 12.4 Å². The summed E-state index contributed by atoms with van der Waals surface area (Å²) in [4.78, 5) is 17.5. The van der Waals surface area contributed by atoms with Gasteiger partial charge in [0.15, 0.2) is 0 Å². The molecule has 0 N–H and O–H groups in total. The van der Waals surface area contributed by atoms with E-state index in [-0.39, 0.29) is 0 Å². The number of rotatable bonds is 5. The summed E-state index contributed by atoms with van der Waals surface area (Å²) in [5.41, 5.74) is 0. The number of hydrogen-bond donors (Lipinski definition) is 0. The van der Waals surface area contributed by atoms with E-state index in [0.29, 0.717) is 37.6 Å². The van der Waals surface area contributed by atoms with Gasteiger partial charge in [-0.05, 0) is 6.92 Å². The van der Waals surface area contributed by atoms with Crippen LogP contribution in [0.25, 0.3) is 0 Å². The number of anilines is 1. The molecule has 0 amide bonds. The van der Waals surface area contributed by atoms with E-state index in [2.05, 4.69) is 24.8 Å². The Morgan fingerprint density at radius 3 is 2.36 bits per heavy atom. The van der Waals surface area contributed by atoms with Gasteiger partial charge in [0, 0.05) is 32.7 Å². The standard InChI is InChI=1S/C14H23N5O3/c1-12-15-13(19-5-9-21-10-6-19)17-14(16-12)22-11-4-18-2-7-20-8-3-18/h2-11H2,1H3. The minimum atomic E-state index is 0.405. The summed E-state index contributed by atoms with van der Waals surface area (Å²) in [6.07, 6.45) is 0. The number of morpholine rings is 2. The van der Waals surface area contributed by atoms with Crippen molar-refractivity contribution in [1.82, 2.24) is 19.9 Å². The highest BCUT2D eigenvalue weighted by atomic mass is 16.5. The maximum absolute atomic E-state index is 5.72. The van der Waals surface area contributed by atoms with Crippen molar-refractivity contribution in [3.8, 4) is 6.01 Å². The number of aryl methyl sites for hydroxylation is 1. The molecule has 8 heteroatoms. The Kier molecular flexibility index (Phi) is 5.36. The van der Waals surface area contributed by atoms with Gasteiger partial charge in [-0.15, -0.1) is 0 Å². The van der Waals surface area contributed by atoms with E-state index in [4.69, 9.17) is 14.2 Å². The molecule has 2 fully saturated rings. The van der Waals surface area contributed by atoms with Gasteiger partial charge in [-0.1, -0.05) is 0 Å². The van der Waals surface area contributed by atoms with Crippen LogP contribution in [-0.2, 0) is 9.47 Å². The van der Waals surface area contributed by atoms with E-state index >= 15 is 0 Å². The minimum absolute atomic E-state index is 0.405. The van der Waals surface area contributed by atoms with Crippen molar-refractivity contribution >= 4 is 5.95 Å². The molecule has 8 nitrogen and oxygen atoms in total. The molecule has 3 heterocycles. The van der Waals surface area contributed by atoms with Crippen LogP contribution in [0.4, 0.5) is 5.95 Å². The van der Waals surface area contributed by atoms with Gasteiger partial charge in [0.2, 0.25) is 5.95 Å². The predicted molar refractivity (Wildman–Crippen MR) is 80.4 cm³/mol. The third-order valence-electron chi connectivity index (χ3n) is 3.75. The highest BCUT2D eigenvalue weighted by Gasteiger charge is 2.16. The van der Waals surface area contributed by atoms with Gasteiger partial charge < -0.3 is 19.1 Å². The molecule has 0 spiro atoms. The Morgan fingerprint density at radius 2 is 1.64 bits per heavy atom. The fraction of sp³-hybridized carbons (Fsp3) is 0.786. The Morgan fingerprint density at radius 1 is 0.955 bits per heavy atom. The first-order valence-electron chi connectivity index (χ1n) is 7.79. The smallest absolute Gasteiger partial charge is 0.321 e. The first kappa shape index (κ1) is 15.4. The minimum Gasteiger partial charge on any atom is -0.462 e. The largest absolute Gasteiger partial charge is 0.462 e. The molecule has 2 aliphatic rings. The van der Waals surface area contributed by atoms with Crippen LogP contribution in [0, 0.1) is 6.92 Å². The molecule has 0 unspecified atom stereocenters. The molecule has 0 aliphatic carbocycles. The van der Waals surface area contributed by atoms with Crippen LogP contribution in [0.2, 0.25) is 0 Å². The summed E-state index contributed by atoms with van der Waals surface area (Å²) in [7, 11) is 0. The Balaban J connectivity index is 1.54. The van der Waals surface area contributed by atoms with Crippen molar-refractivity contribution in [2.45, 2.75) is 6.92 Å². The predicted octanol–water partition coefficient (Wildman–Crippen LogP) is -0.272. The van der Waals surface area contributed by atoms with Crippen molar-refractivity contribution in [3.05, 3.63) is 5.82 Å². The van der Waals surface area contributed by atoms with Crippen molar-refractivity contribution < 1.29 is 14.2 Å². The lowest BCUT2D eigenvalue weighted by Gasteiger charge is -2.27. The number of nitrogens with zero attached hydrogens (tertiary/aromatic N) is 5. The SMILES string of the molecule is Cc1nc(OCCN2CCOCC2)nc(N2CCOCC2)n1. The fourth-order valence-corrected chi connectivity index (χ4v) is 2.50. The van der Waals surface area contributed by atoms with Crippen molar-refractivity contribution in [2.24, 2.45) is 0 Å². The summed E-state index contributed by atoms with van der Waals surface area (Å²) in [6.45, 7) is 9.83. The maximum atomic E-state index is 5.72. The van der Waals surface area contributed by atoms with Crippen LogP contribution in [-0.4, -0.2) is 85.6 Å². The molecule has 1 aromatic rings. The van der Waals surface area contributed by atoms with Gasteiger partial charge in [-0.25, -0.2) is 0 Å². The molecule has 0 atom stereocenters. The second-order valence-corrected chi connectivity index (χ2v) is 5.37. The van der Waals surface area contributed by atoms with Crippen molar-refractivity contribution in [3.63, 3.8) is 0 Å². The highest BCUT2D eigenvalue weighted by molar-refractivity contribution is 5.31. The lowest BCUT2D eigenvalue weighted by atomic mass is 10.4. The topological polar surface area (TPSA) is 72.8 Å². The normalized spacial score (nSPS) is 20.1. The first-order chi connectivity index (χ1) is 10.8. The van der Waals surface area contributed by atoms with E-state index in [1.54, 1.807) is 0 Å². The van der Waals surface area contributed by atoms with E-state index in [0.717, 1.165) is 45.9 Å². The number of aromatic nitrogens is 3. The van der Waals surface area contributed by atoms with Crippen LogP contribution in [0.1, 0.15) is 5.82 Å². The summed E-state index contributed by atoms with van der Waals surface area (Å²) >= 11 is 0. The second kappa shape index (κ2) is 7.66. The summed E-state index contributed by atoms with van der Waals surface area (Å²) in [5, 5.41) is 0. The van der Waals surface area contributed by atoms with E-state index in [9.17, 15) is 0 Å². The monoisotopic (exact) mass is 309 g/mol. The van der Waals surface area contributed by atoms with Gasteiger partial charge in [-0.3, -0.25) is 4.90 Å². The molecular weight excluding hydrogens is 286 g/mol.